The van der Waals surface area contributed by atoms with E-state index in [9.17, 15) is 0 Å². The average Bonchev–Trinajstić information content (AvgIpc) is 3.81. The van der Waals surface area contributed by atoms with Crippen molar-refractivity contribution in [1.82, 2.24) is 14.4 Å². The number of hydrogen-bond donors (Lipinski definition) is 0. The van der Waals surface area contributed by atoms with Crippen LogP contribution in [0.15, 0.2) is 188 Å². The summed E-state index contributed by atoms with van der Waals surface area (Å²) in [7, 11) is 0. The molecule has 5 aromatic heterocycles. The lowest BCUT2D eigenvalue weighted by Crippen LogP contribution is -1.90. The van der Waals surface area contributed by atoms with Gasteiger partial charge in [0, 0.05) is 55.3 Å². The van der Waals surface area contributed by atoms with Gasteiger partial charge in [0.2, 0.25) is 0 Å². The number of benzene rings is 6. The van der Waals surface area contributed by atoms with Crippen LogP contribution in [0.4, 0.5) is 0 Å². The molecule has 0 aliphatic carbocycles. The fourth-order valence-corrected chi connectivity index (χ4v) is 9.44. The van der Waals surface area contributed by atoms with E-state index in [-0.39, 0.29) is 0 Å². The average molecular weight is 706 g/mol. The minimum Gasteiger partial charge on any atom is -0.299 e. The fraction of sp³-hybridized carbons (Fsp3) is 0. The Morgan fingerprint density at radius 3 is 1.69 bits per heavy atom. The van der Waals surface area contributed by atoms with E-state index in [1.807, 2.05) is 48.0 Å². The molecule has 0 aliphatic heterocycles. The predicted molar refractivity (Wildman–Crippen MR) is 228 cm³/mol. The van der Waals surface area contributed by atoms with Gasteiger partial charge in [-0.2, -0.15) is 0 Å². The summed E-state index contributed by atoms with van der Waals surface area (Å²) in [5.41, 5.74) is 13.7. The van der Waals surface area contributed by atoms with Gasteiger partial charge in [0.25, 0.3) is 0 Å². The molecule has 0 amide bonds. The van der Waals surface area contributed by atoms with Gasteiger partial charge in [-0.1, -0.05) is 115 Å². The van der Waals surface area contributed by atoms with Gasteiger partial charge in [0.05, 0.1) is 22.4 Å². The maximum Gasteiger partial charge on any atom is 0.109 e. The standard InChI is InChI=1S/C50H31N3S/c1-2-12-34(13-3-1)47-40-14-4-6-18-45(40)53-49(47)39-25-24-35(31-42(39)48-41-15-5-7-19-46(41)54-50(48)53)32-20-22-33(23-21-32)36-28-37(43-16-8-10-26-51-43)30-38(29-36)44-17-9-11-27-52-44/h1-31H. The number of rotatable bonds is 5. The number of aromatic nitrogens is 3. The van der Waals surface area contributed by atoms with Gasteiger partial charge in [0.15, 0.2) is 0 Å². The van der Waals surface area contributed by atoms with Gasteiger partial charge >= 0.3 is 0 Å². The highest BCUT2D eigenvalue weighted by Gasteiger charge is 2.22. The van der Waals surface area contributed by atoms with Crippen molar-refractivity contribution in [3.63, 3.8) is 0 Å². The van der Waals surface area contributed by atoms with E-state index in [1.165, 1.54) is 69.7 Å². The Kier molecular flexibility index (Phi) is 7.04. The van der Waals surface area contributed by atoms with Crippen LogP contribution in [0.5, 0.6) is 0 Å². The van der Waals surface area contributed by atoms with Crippen LogP contribution in [-0.2, 0) is 0 Å². The van der Waals surface area contributed by atoms with Crippen molar-refractivity contribution in [1.29, 1.82) is 0 Å². The zero-order valence-corrected chi connectivity index (χ0v) is 30.0. The maximum atomic E-state index is 4.67. The number of pyridine rings is 3. The van der Waals surface area contributed by atoms with E-state index in [0.717, 1.165) is 33.6 Å². The molecule has 0 N–H and O–H groups in total. The largest absolute Gasteiger partial charge is 0.299 e. The summed E-state index contributed by atoms with van der Waals surface area (Å²) in [4.78, 5) is 10.6. The lowest BCUT2D eigenvalue weighted by atomic mass is 9.94. The molecule has 5 heterocycles. The van der Waals surface area contributed by atoms with Crippen LogP contribution in [0, 0.1) is 0 Å². The summed E-state index contributed by atoms with van der Waals surface area (Å²) >= 11 is 1.88. The van der Waals surface area contributed by atoms with E-state index < -0.39 is 0 Å². The maximum absolute atomic E-state index is 4.67. The highest BCUT2D eigenvalue weighted by Crippen LogP contribution is 2.47. The van der Waals surface area contributed by atoms with Crippen molar-refractivity contribution in [2.75, 3.05) is 0 Å². The topological polar surface area (TPSA) is 30.2 Å². The zero-order valence-electron chi connectivity index (χ0n) is 29.1. The Morgan fingerprint density at radius 1 is 0.389 bits per heavy atom. The molecule has 0 bridgehead atoms. The molecular formula is C50H31N3S. The molecule has 54 heavy (non-hydrogen) atoms. The summed E-state index contributed by atoms with van der Waals surface area (Å²) in [6.45, 7) is 0. The zero-order chi connectivity index (χ0) is 35.6. The van der Waals surface area contributed by atoms with Crippen molar-refractivity contribution in [2.24, 2.45) is 0 Å². The molecule has 4 heteroatoms. The van der Waals surface area contributed by atoms with E-state index in [2.05, 4.69) is 166 Å². The van der Waals surface area contributed by atoms with Gasteiger partial charge in [-0.15, -0.1) is 11.3 Å². The summed E-state index contributed by atoms with van der Waals surface area (Å²) < 4.78 is 3.82. The van der Waals surface area contributed by atoms with E-state index in [4.69, 9.17) is 0 Å². The SMILES string of the molecule is c1ccc(-c2c3ccccc3n3c4sc5ccccc5c4c4cc(-c5ccc(-c6cc(-c7ccccn7)cc(-c7ccccn7)c6)cc5)ccc4c23)cc1. The van der Waals surface area contributed by atoms with Crippen molar-refractivity contribution in [3.8, 4) is 55.9 Å². The number of nitrogens with zero attached hydrogens (tertiary/aromatic N) is 3. The number of para-hydroxylation sites is 1. The summed E-state index contributed by atoms with van der Waals surface area (Å²) in [5, 5.41) is 6.42. The Bertz CT molecular complexity index is 3120. The Hall–Kier alpha value is -6.88. The lowest BCUT2D eigenvalue weighted by Gasteiger charge is -2.12. The highest BCUT2D eigenvalue weighted by atomic mass is 32.1. The van der Waals surface area contributed by atoms with Crippen molar-refractivity contribution >= 4 is 58.8 Å². The van der Waals surface area contributed by atoms with Crippen molar-refractivity contribution in [2.45, 2.75) is 0 Å². The first-order chi connectivity index (χ1) is 26.8. The quantitative estimate of drug-likeness (QED) is 0.178. The minimum absolute atomic E-state index is 0.942. The van der Waals surface area contributed by atoms with Crippen LogP contribution in [0.1, 0.15) is 0 Å². The molecule has 11 aromatic rings. The molecule has 252 valence electrons. The molecule has 11 rings (SSSR count). The summed E-state index contributed by atoms with van der Waals surface area (Å²) in [6, 6.07) is 63.4. The predicted octanol–water partition coefficient (Wildman–Crippen LogP) is 13.7. The van der Waals surface area contributed by atoms with E-state index in [1.54, 1.807) is 0 Å². The van der Waals surface area contributed by atoms with Crippen LogP contribution in [-0.4, -0.2) is 14.4 Å². The normalized spacial score (nSPS) is 11.7. The molecule has 0 spiro atoms. The van der Waals surface area contributed by atoms with E-state index in [0.29, 0.717) is 0 Å². The first kappa shape index (κ1) is 30.7. The van der Waals surface area contributed by atoms with Crippen LogP contribution >= 0.6 is 11.3 Å². The monoisotopic (exact) mass is 705 g/mol. The summed E-state index contributed by atoms with van der Waals surface area (Å²) in [5.74, 6) is 0. The third-order valence-corrected chi connectivity index (χ3v) is 11.8. The molecule has 3 nitrogen and oxygen atoms in total. The van der Waals surface area contributed by atoms with Crippen LogP contribution in [0.3, 0.4) is 0 Å². The number of thiophene rings is 1. The van der Waals surface area contributed by atoms with Crippen molar-refractivity contribution < 1.29 is 0 Å². The van der Waals surface area contributed by atoms with Gasteiger partial charge < -0.3 is 0 Å². The Labute approximate surface area is 316 Å². The molecule has 0 radical (unpaired) electrons. The molecule has 0 saturated heterocycles. The minimum atomic E-state index is 0.942. The molecule has 6 aromatic carbocycles. The lowest BCUT2D eigenvalue weighted by molar-refractivity contribution is 1.31. The second kappa shape index (κ2) is 12.4. The molecule has 0 saturated carbocycles. The van der Waals surface area contributed by atoms with Gasteiger partial charge in [-0.05, 0) is 93.9 Å². The van der Waals surface area contributed by atoms with Gasteiger partial charge in [-0.25, -0.2) is 0 Å². The Balaban J connectivity index is 1.11. The molecule has 0 atom stereocenters. The van der Waals surface area contributed by atoms with Crippen LogP contribution in [0.2, 0.25) is 0 Å². The molecule has 0 unspecified atom stereocenters. The fourth-order valence-electron chi connectivity index (χ4n) is 8.20. The third-order valence-electron chi connectivity index (χ3n) is 10.7. The highest BCUT2D eigenvalue weighted by molar-refractivity contribution is 7.25. The number of fused-ring (bicyclic) bond motifs is 10. The first-order valence-corrected chi connectivity index (χ1v) is 19.0. The molecular weight excluding hydrogens is 675 g/mol. The second-order valence-electron chi connectivity index (χ2n) is 13.8. The third kappa shape index (κ3) is 4.88. The van der Waals surface area contributed by atoms with Gasteiger partial charge in [-0.3, -0.25) is 14.4 Å². The van der Waals surface area contributed by atoms with E-state index >= 15 is 0 Å². The van der Waals surface area contributed by atoms with Crippen molar-refractivity contribution in [3.05, 3.63) is 188 Å². The Morgan fingerprint density at radius 2 is 0.981 bits per heavy atom. The smallest absolute Gasteiger partial charge is 0.109 e. The first-order valence-electron chi connectivity index (χ1n) is 18.2. The van der Waals surface area contributed by atoms with Gasteiger partial charge in [0.1, 0.15) is 4.83 Å². The number of hydrogen-bond acceptors (Lipinski definition) is 3. The van der Waals surface area contributed by atoms with Crippen LogP contribution < -0.4 is 0 Å². The van der Waals surface area contributed by atoms with Crippen LogP contribution in [0.25, 0.3) is 103 Å². The second-order valence-corrected chi connectivity index (χ2v) is 14.8. The molecule has 0 fully saturated rings. The summed E-state index contributed by atoms with van der Waals surface area (Å²) in [6.07, 6.45) is 3.69. The molecule has 0 aliphatic rings.